The van der Waals surface area contributed by atoms with E-state index in [2.05, 4.69) is 34.1 Å². The predicted molar refractivity (Wildman–Crippen MR) is 72.0 cm³/mol. The summed E-state index contributed by atoms with van der Waals surface area (Å²) in [7, 11) is 0. The zero-order chi connectivity index (χ0) is 13.1. The molecule has 0 bridgehead atoms. The monoisotopic (exact) mass is 287 g/mol. The van der Waals surface area contributed by atoms with E-state index in [0.717, 1.165) is 6.29 Å². The number of allylic oxidation sites excluding steroid dienone is 1. The third-order valence-electron chi connectivity index (χ3n) is 1.53. The lowest BCUT2D eigenvalue weighted by Crippen LogP contribution is -2.07. The maximum Gasteiger partial charge on any atom is 0.161 e. The largest absolute Gasteiger partial charge is 0.303 e. The highest BCUT2D eigenvalue weighted by molar-refractivity contribution is 9.11. The molecule has 90 valence electrons. The summed E-state index contributed by atoms with van der Waals surface area (Å²) in [6.07, 6.45) is 2.20. The lowest BCUT2D eigenvalue weighted by molar-refractivity contribution is -0.113. The van der Waals surface area contributed by atoms with Crippen molar-refractivity contribution in [1.82, 2.24) is 0 Å². The van der Waals surface area contributed by atoms with E-state index < -0.39 is 0 Å². The van der Waals surface area contributed by atoms with Gasteiger partial charge in [0.05, 0.1) is 10.3 Å². The number of aldehydes is 1. The van der Waals surface area contributed by atoms with Crippen molar-refractivity contribution >= 4 is 33.7 Å². The van der Waals surface area contributed by atoms with Gasteiger partial charge in [-0.25, -0.2) is 4.99 Å². The molecule has 0 radical (unpaired) electrons. The van der Waals surface area contributed by atoms with Crippen LogP contribution in [0.2, 0.25) is 0 Å². The minimum Gasteiger partial charge on any atom is -0.303 e. The van der Waals surface area contributed by atoms with E-state index in [0.29, 0.717) is 28.7 Å². The van der Waals surface area contributed by atoms with Gasteiger partial charge < -0.3 is 4.79 Å². The van der Waals surface area contributed by atoms with Crippen LogP contribution in [0.3, 0.4) is 0 Å². The standard InChI is InChI=1S/C9H12BrNO.C3H6O/c1-5-9(11-8(4)10)6(2)7(3)12;1-2-3-4/h2,4-5H2,1,3H3;3H,2H2,1H3/b11-9-;. The normalized spacial score (nSPS) is 9.88. The zero-order valence-corrected chi connectivity index (χ0v) is 11.6. The Morgan fingerprint density at radius 3 is 2.00 bits per heavy atom. The summed E-state index contributed by atoms with van der Waals surface area (Å²) in [5.74, 6) is -0.0515. The molecule has 4 heteroatoms. The SMILES string of the molecule is C=C(Br)/N=C(/CC)C(=C)C(C)=O.CCC=O. The van der Waals surface area contributed by atoms with Crippen LogP contribution < -0.4 is 0 Å². The fourth-order valence-corrected chi connectivity index (χ4v) is 0.924. The Labute approximate surface area is 105 Å². The highest BCUT2D eigenvalue weighted by Crippen LogP contribution is 2.09. The van der Waals surface area contributed by atoms with Crippen molar-refractivity contribution in [2.24, 2.45) is 4.99 Å². The summed E-state index contributed by atoms with van der Waals surface area (Å²) in [6, 6.07) is 0. The average molecular weight is 288 g/mol. The first-order chi connectivity index (χ1) is 7.40. The van der Waals surface area contributed by atoms with Gasteiger partial charge in [0.2, 0.25) is 0 Å². The summed E-state index contributed by atoms with van der Waals surface area (Å²) in [5, 5.41) is 0. The lowest BCUT2D eigenvalue weighted by Gasteiger charge is -2.02. The Kier molecular flexibility index (Phi) is 11.4. The minimum absolute atomic E-state index is 0.0515. The lowest BCUT2D eigenvalue weighted by atomic mass is 10.1. The molecule has 0 saturated carbocycles. The number of hydrogen-bond donors (Lipinski definition) is 0. The molecule has 0 aliphatic carbocycles. The third kappa shape index (κ3) is 9.52. The summed E-state index contributed by atoms with van der Waals surface area (Å²) < 4.78 is 0.516. The quantitative estimate of drug-likeness (QED) is 0.337. The molecular formula is C12H18BrNO2. The van der Waals surface area contributed by atoms with E-state index in [1.54, 1.807) is 0 Å². The number of aliphatic imine (C=N–C) groups is 1. The highest BCUT2D eigenvalue weighted by Gasteiger charge is 2.06. The smallest absolute Gasteiger partial charge is 0.161 e. The number of carbonyl (C=O) groups is 2. The van der Waals surface area contributed by atoms with E-state index >= 15 is 0 Å². The molecule has 0 aromatic carbocycles. The number of halogens is 1. The van der Waals surface area contributed by atoms with Crippen molar-refractivity contribution in [3.05, 3.63) is 23.3 Å². The third-order valence-corrected chi connectivity index (χ3v) is 1.71. The molecule has 16 heavy (non-hydrogen) atoms. The van der Waals surface area contributed by atoms with Crippen LogP contribution in [0, 0.1) is 0 Å². The van der Waals surface area contributed by atoms with Crippen molar-refractivity contribution in [3.8, 4) is 0 Å². The van der Waals surface area contributed by atoms with Crippen molar-refractivity contribution in [1.29, 1.82) is 0 Å². The van der Waals surface area contributed by atoms with Gasteiger partial charge in [-0.2, -0.15) is 0 Å². The van der Waals surface area contributed by atoms with Gasteiger partial charge in [-0.15, -0.1) is 0 Å². The Balaban J connectivity index is 0. The first-order valence-electron chi connectivity index (χ1n) is 4.96. The molecule has 0 amide bonds. The molecule has 0 aliphatic heterocycles. The highest BCUT2D eigenvalue weighted by atomic mass is 79.9. The van der Waals surface area contributed by atoms with Crippen LogP contribution in [0.15, 0.2) is 28.3 Å². The van der Waals surface area contributed by atoms with Crippen molar-refractivity contribution in [2.75, 3.05) is 0 Å². The minimum atomic E-state index is -0.0515. The molecular weight excluding hydrogens is 270 g/mol. The number of carbonyl (C=O) groups excluding carboxylic acids is 2. The van der Waals surface area contributed by atoms with Gasteiger partial charge >= 0.3 is 0 Å². The number of rotatable bonds is 5. The Morgan fingerprint density at radius 2 is 1.81 bits per heavy atom. The van der Waals surface area contributed by atoms with Gasteiger partial charge in [-0.1, -0.05) is 27.0 Å². The number of ketones is 1. The fourth-order valence-electron chi connectivity index (χ4n) is 0.710. The van der Waals surface area contributed by atoms with Gasteiger partial charge in [-0.05, 0) is 29.3 Å². The van der Waals surface area contributed by atoms with Crippen LogP contribution in [-0.2, 0) is 9.59 Å². The van der Waals surface area contributed by atoms with Crippen LogP contribution in [0.1, 0.15) is 33.6 Å². The second-order valence-electron chi connectivity index (χ2n) is 2.90. The number of nitrogens with zero attached hydrogens (tertiary/aromatic N) is 1. The molecule has 0 N–H and O–H groups in total. The van der Waals surface area contributed by atoms with Crippen LogP contribution in [0.25, 0.3) is 0 Å². The van der Waals surface area contributed by atoms with Gasteiger partial charge in [0.25, 0.3) is 0 Å². The van der Waals surface area contributed by atoms with Gasteiger partial charge in [-0.3, -0.25) is 4.79 Å². The second-order valence-corrected chi connectivity index (χ2v) is 3.81. The molecule has 0 spiro atoms. The Bertz CT molecular complexity index is 306. The number of Topliss-reactive ketones (excluding diaryl/α,β-unsaturated/α-hetero) is 1. The van der Waals surface area contributed by atoms with Crippen LogP contribution in [0.5, 0.6) is 0 Å². The molecule has 0 unspecified atom stereocenters. The zero-order valence-electron chi connectivity index (χ0n) is 10.0. The molecule has 0 aliphatic rings. The average Bonchev–Trinajstić information content (AvgIpc) is 2.24. The Hall–Kier alpha value is -1.03. The molecule has 0 saturated heterocycles. The summed E-state index contributed by atoms with van der Waals surface area (Å²) in [5.41, 5.74) is 1.14. The van der Waals surface area contributed by atoms with Gasteiger partial charge in [0.15, 0.2) is 5.78 Å². The Morgan fingerprint density at radius 1 is 1.38 bits per heavy atom. The summed E-state index contributed by atoms with van der Waals surface area (Å²) >= 11 is 3.10. The van der Waals surface area contributed by atoms with Crippen molar-refractivity contribution < 1.29 is 9.59 Å². The molecule has 0 fully saturated rings. The van der Waals surface area contributed by atoms with Crippen LogP contribution >= 0.6 is 15.9 Å². The van der Waals surface area contributed by atoms with E-state index in [1.807, 2.05) is 13.8 Å². The van der Waals surface area contributed by atoms with Gasteiger partial charge in [0, 0.05) is 12.0 Å². The maximum atomic E-state index is 10.9. The second kappa shape index (κ2) is 10.5. The first kappa shape index (κ1) is 17.4. The van der Waals surface area contributed by atoms with E-state index in [4.69, 9.17) is 0 Å². The van der Waals surface area contributed by atoms with Crippen LogP contribution in [0.4, 0.5) is 0 Å². The van der Waals surface area contributed by atoms with Crippen LogP contribution in [-0.4, -0.2) is 17.8 Å². The van der Waals surface area contributed by atoms with E-state index in [9.17, 15) is 9.59 Å². The fraction of sp³-hybridized carbons (Fsp3) is 0.417. The van der Waals surface area contributed by atoms with Crippen molar-refractivity contribution in [3.63, 3.8) is 0 Å². The molecule has 3 nitrogen and oxygen atoms in total. The number of hydrogen-bond acceptors (Lipinski definition) is 3. The molecule has 0 heterocycles. The van der Waals surface area contributed by atoms with E-state index in [-0.39, 0.29) is 5.78 Å². The van der Waals surface area contributed by atoms with Crippen molar-refractivity contribution in [2.45, 2.75) is 33.6 Å². The molecule has 0 atom stereocenters. The summed E-state index contributed by atoms with van der Waals surface area (Å²) in [6.45, 7) is 12.4. The molecule has 0 aromatic heterocycles. The summed E-state index contributed by atoms with van der Waals surface area (Å²) in [4.78, 5) is 24.1. The molecule has 0 rings (SSSR count). The van der Waals surface area contributed by atoms with Gasteiger partial charge in [0.1, 0.15) is 6.29 Å². The first-order valence-corrected chi connectivity index (χ1v) is 5.75. The topological polar surface area (TPSA) is 46.5 Å². The van der Waals surface area contributed by atoms with E-state index in [1.165, 1.54) is 6.92 Å². The molecule has 0 aromatic rings. The maximum absolute atomic E-state index is 10.9. The predicted octanol–water partition coefficient (Wildman–Crippen LogP) is 3.44.